The third kappa shape index (κ3) is 5.83. The lowest BCUT2D eigenvalue weighted by Gasteiger charge is -2.37. The van der Waals surface area contributed by atoms with Gasteiger partial charge in [0.15, 0.2) is 11.6 Å². The largest absolute Gasteiger partial charge is 0.486 e. The van der Waals surface area contributed by atoms with Gasteiger partial charge >= 0.3 is 5.97 Å². The number of hydrogen-bond donors (Lipinski definition) is 1. The van der Waals surface area contributed by atoms with Crippen LogP contribution in [0, 0.1) is 11.6 Å². The molecule has 8 heteroatoms. The van der Waals surface area contributed by atoms with E-state index in [0.717, 1.165) is 34.1 Å². The second kappa shape index (κ2) is 11.6. The smallest absolute Gasteiger partial charge is 0.321 e. The van der Waals surface area contributed by atoms with Crippen LogP contribution >= 0.6 is 0 Å². The normalized spacial score (nSPS) is 20.3. The minimum absolute atomic E-state index is 0.114. The van der Waals surface area contributed by atoms with E-state index in [1.54, 1.807) is 6.07 Å². The first-order valence-corrected chi connectivity index (χ1v) is 13.8. The number of carbonyl (C=O) groups is 1. The molecule has 40 heavy (non-hydrogen) atoms. The molecule has 0 saturated carbocycles. The molecule has 2 aliphatic rings. The van der Waals surface area contributed by atoms with Gasteiger partial charge in [-0.3, -0.25) is 14.6 Å². The molecule has 0 aromatic heterocycles. The van der Waals surface area contributed by atoms with Gasteiger partial charge < -0.3 is 14.6 Å². The van der Waals surface area contributed by atoms with E-state index in [1.165, 1.54) is 6.07 Å². The second-order valence-electron chi connectivity index (χ2n) is 11.1. The van der Waals surface area contributed by atoms with Crippen LogP contribution in [0.15, 0.2) is 54.6 Å². The van der Waals surface area contributed by atoms with Crippen molar-refractivity contribution in [3.05, 3.63) is 94.0 Å². The summed E-state index contributed by atoms with van der Waals surface area (Å²) < 4.78 is 39.9. The van der Waals surface area contributed by atoms with Crippen LogP contribution in [0.4, 0.5) is 8.78 Å². The zero-order valence-corrected chi connectivity index (χ0v) is 23.4. The molecular weight excluding hydrogens is 514 g/mol. The molecule has 2 heterocycles. The van der Waals surface area contributed by atoms with Gasteiger partial charge in [-0.25, -0.2) is 8.78 Å². The molecule has 3 aromatic carbocycles. The lowest BCUT2D eigenvalue weighted by Crippen LogP contribution is -2.48. The summed E-state index contributed by atoms with van der Waals surface area (Å²) in [6, 6.07) is 15.4. The van der Waals surface area contributed by atoms with Crippen molar-refractivity contribution >= 4 is 5.97 Å². The van der Waals surface area contributed by atoms with Crippen LogP contribution in [0.5, 0.6) is 11.5 Å². The van der Waals surface area contributed by atoms with Gasteiger partial charge in [-0.2, -0.15) is 0 Å². The van der Waals surface area contributed by atoms with Crippen LogP contribution in [0.3, 0.4) is 0 Å². The Balaban J connectivity index is 1.35. The third-order valence-corrected chi connectivity index (χ3v) is 7.90. The van der Waals surface area contributed by atoms with E-state index >= 15 is 0 Å². The average molecular weight is 551 g/mol. The Morgan fingerprint density at radius 1 is 1.02 bits per heavy atom. The number of carboxylic acids is 1. The number of hydrogen-bond acceptors (Lipinski definition) is 5. The molecule has 0 unspecified atom stereocenters. The number of fused-ring (bicyclic) bond motifs is 2. The minimum atomic E-state index is -0.885. The Morgan fingerprint density at radius 3 is 2.42 bits per heavy atom. The minimum Gasteiger partial charge on any atom is -0.486 e. The predicted molar refractivity (Wildman–Crippen MR) is 148 cm³/mol. The highest BCUT2D eigenvalue weighted by Gasteiger charge is 2.34. The summed E-state index contributed by atoms with van der Waals surface area (Å²) in [5, 5.41) is 9.82. The van der Waals surface area contributed by atoms with Crippen molar-refractivity contribution in [2.45, 2.75) is 71.0 Å². The standard InChI is InChI=1S/C32H36F2N2O4/c1-5-29(21-8-11-26(33)27(34)13-21)39-25-9-6-20(7-10-25)31-18-35(4)16-24-12-22-14-28(32(37)38)36(19(2)3)17-23(22)15-30(24)40-31/h6-13,15,19,28-29,31H,5,14,16-18H2,1-4H3,(H,37,38)/t28-,29+,31+/m0/s1. The maximum atomic E-state index is 13.8. The van der Waals surface area contributed by atoms with Crippen LogP contribution in [-0.2, 0) is 24.3 Å². The van der Waals surface area contributed by atoms with Gasteiger partial charge in [0.05, 0.1) is 0 Å². The van der Waals surface area contributed by atoms with Crippen LogP contribution in [-0.4, -0.2) is 46.6 Å². The Labute approximate surface area is 234 Å². The first kappa shape index (κ1) is 28.1. The van der Waals surface area contributed by atoms with E-state index in [2.05, 4.69) is 24.1 Å². The van der Waals surface area contributed by atoms with Crippen LogP contribution in [0.1, 0.15) is 67.2 Å². The molecule has 2 aliphatic heterocycles. The third-order valence-electron chi connectivity index (χ3n) is 7.90. The van der Waals surface area contributed by atoms with Crippen molar-refractivity contribution < 1.29 is 28.2 Å². The van der Waals surface area contributed by atoms with E-state index < -0.39 is 29.7 Å². The molecular formula is C32H36F2N2O4. The maximum absolute atomic E-state index is 13.8. The maximum Gasteiger partial charge on any atom is 0.321 e. The second-order valence-corrected chi connectivity index (χ2v) is 11.1. The number of carboxylic acid groups (broad SMARTS) is 1. The summed E-state index contributed by atoms with van der Waals surface area (Å²) in [6.45, 7) is 7.96. The Hall–Kier alpha value is -3.49. The molecule has 0 aliphatic carbocycles. The van der Waals surface area contributed by atoms with E-state index in [4.69, 9.17) is 9.47 Å². The van der Waals surface area contributed by atoms with Crippen LogP contribution in [0.2, 0.25) is 0 Å². The monoisotopic (exact) mass is 550 g/mol. The first-order chi connectivity index (χ1) is 19.1. The fourth-order valence-corrected chi connectivity index (χ4v) is 5.72. The van der Waals surface area contributed by atoms with Gasteiger partial charge in [-0.1, -0.05) is 31.2 Å². The van der Waals surface area contributed by atoms with Crippen LogP contribution < -0.4 is 9.47 Å². The molecule has 3 aromatic rings. The lowest BCUT2D eigenvalue weighted by atomic mass is 9.91. The SMILES string of the molecule is CC[C@@H](Oc1ccc([C@H]2CN(C)Cc3cc4c(cc3O2)CN(C(C)C)[C@H](C(=O)O)C4)cc1)c1ccc(F)c(F)c1. The summed E-state index contributed by atoms with van der Waals surface area (Å²) in [5.74, 6) is -1.08. The molecule has 0 bridgehead atoms. The number of benzene rings is 3. The van der Waals surface area contributed by atoms with E-state index in [-0.39, 0.29) is 12.1 Å². The Morgan fingerprint density at radius 2 is 1.77 bits per heavy atom. The van der Waals surface area contributed by atoms with Crippen molar-refractivity contribution in [2.24, 2.45) is 0 Å². The number of likely N-dealkylation sites (N-methyl/N-ethyl adjacent to an activating group) is 1. The molecule has 0 spiro atoms. The molecule has 0 radical (unpaired) electrons. The number of rotatable bonds is 7. The van der Waals surface area contributed by atoms with Crippen molar-refractivity contribution in [3.8, 4) is 11.5 Å². The Bertz CT molecular complexity index is 1380. The highest BCUT2D eigenvalue weighted by Crippen LogP contribution is 2.37. The van der Waals surface area contributed by atoms with Gasteiger partial charge in [-0.05, 0) is 86.3 Å². The van der Waals surface area contributed by atoms with Crippen molar-refractivity contribution in [1.29, 1.82) is 0 Å². The van der Waals surface area contributed by atoms with Crippen molar-refractivity contribution in [2.75, 3.05) is 13.6 Å². The van der Waals surface area contributed by atoms with Gasteiger partial charge in [-0.15, -0.1) is 0 Å². The Kier molecular flexibility index (Phi) is 8.10. The quantitative estimate of drug-likeness (QED) is 0.374. The van der Waals surface area contributed by atoms with Crippen molar-refractivity contribution in [3.63, 3.8) is 0 Å². The van der Waals surface area contributed by atoms with E-state index in [1.807, 2.05) is 49.9 Å². The van der Waals surface area contributed by atoms with Crippen molar-refractivity contribution in [1.82, 2.24) is 9.80 Å². The molecule has 0 saturated heterocycles. The summed E-state index contributed by atoms with van der Waals surface area (Å²) in [6.07, 6.45) is 0.480. The lowest BCUT2D eigenvalue weighted by molar-refractivity contribution is -0.144. The number of nitrogens with zero attached hydrogens (tertiary/aromatic N) is 2. The zero-order chi connectivity index (χ0) is 28.6. The van der Waals surface area contributed by atoms with Gasteiger partial charge in [0.25, 0.3) is 0 Å². The highest BCUT2D eigenvalue weighted by atomic mass is 19.2. The molecule has 1 N–H and O–H groups in total. The zero-order valence-electron chi connectivity index (χ0n) is 23.4. The van der Waals surface area contributed by atoms with E-state index in [0.29, 0.717) is 43.8 Å². The molecule has 0 fully saturated rings. The predicted octanol–water partition coefficient (Wildman–Crippen LogP) is 6.28. The van der Waals surface area contributed by atoms with Gasteiger partial charge in [0.2, 0.25) is 0 Å². The fourth-order valence-electron chi connectivity index (χ4n) is 5.72. The first-order valence-electron chi connectivity index (χ1n) is 13.8. The molecule has 5 rings (SSSR count). The number of halogens is 2. The van der Waals surface area contributed by atoms with Gasteiger partial charge in [0, 0.05) is 31.2 Å². The van der Waals surface area contributed by atoms with Gasteiger partial charge in [0.1, 0.15) is 29.7 Å². The summed E-state index contributed by atoms with van der Waals surface area (Å²) in [5.41, 5.74) is 4.83. The topological polar surface area (TPSA) is 62.2 Å². The summed E-state index contributed by atoms with van der Waals surface area (Å²) in [7, 11) is 2.05. The number of aliphatic carboxylic acids is 1. The number of ether oxygens (including phenoxy) is 2. The van der Waals surface area contributed by atoms with E-state index in [9.17, 15) is 18.7 Å². The fraction of sp³-hybridized carbons (Fsp3) is 0.406. The summed E-state index contributed by atoms with van der Waals surface area (Å²) in [4.78, 5) is 16.2. The average Bonchev–Trinajstić information content (AvgIpc) is 3.08. The highest BCUT2D eigenvalue weighted by molar-refractivity contribution is 5.74. The van der Waals surface area contributed by atoms with Crippen LogP contribution in [0.25, 0.3) is 0 Å². The molecule has 3 atom stereocenters. The molecule has 0 amide bonds. The molecule has 6 nitrogen and oxygen atoms in total. The molecule has 212 valence electrons. The summed E-state index contributed by atoms with van der Waals surface area (Å²) >= 11 is 0.